The van der Waals surface area contributed by atoms with Gasteiger partial charge in [-0.05, 0) is 66.0 Å². The Hall–Kier alpha value is -3.74. The summed E-state index contributed by atoms with van der Waals surface area (Å²) in [5.74, 6) is -1.04. The fourth-order valence-corrected chi connectivity index (χ4v) is 7.45. The summed E-state index contributed by atoms with van der Waals surface area (Å²) in [6, 6.07) is 6.10. The fraction of sp³-hybridized carbons (Fsp3) is 0.433. The summed E-state index contributed by atoms with van der Waals surface area (Å²) in [6.07, 6.45) is -0.975. The Morgan fingerprint density at radius 2 is 1.86 bits per heavy atom. The summed E-state index contributed by atoms with van der Waals surface area (Å²) in [7, 11) is -3.17. The number of carboxylic acids is 1. The Bertz CT molecular complexity index is 1720. The van der Waals surface area contributed by atoms with Crippen molar-refractivity contribution >= 4 is 15.8 Å². The van der Waals surface area contributed by atoms with Gasteiger partial charge in [-0.2, -0.15) is 13.2 Å². The lowest BCUT2D eigenvalue weighted by molar-refractivity contribution is -0.138. The number of ether oxygens (including phenoxy) is 2. The number of aryl methyl sites for hydroxylation is 1. The number of aromatic nitrogens is 2. The van der Waals surface area contributed by atoms with Crippen molar-refractivity contribution in [1.29, 1.82) is 0 Å². The molecule has 13 heteroatoms. The van der Waals surface area contributed by atoms with Crippen LogP contribution in [-0.2, 0) is 33.8 Å². The van der Waals surface area contributed by atoms with Crippen LogP contribution in [0.2, 0.25) is 0 Å². The van der Waals surface area contributed by atoms with Crippen LogP contribution in [0.15, 0.2) is 36.5 Å². The van der Waals surface area contributed by atoms with Crippen molar-refractivity contribution in [3.05, 3.63) is 70.3 Å². The topological polar surface area (TPSA) is 116 Å². The number of hydrogen-bond donors (Lipinski definition) is 1. The number of carbonyl (C=O) groups is 1. The molecule has 0 spiro atoms. The average Bonchev–Trinajstić information content (AvgIpc) is 3.38. The SMILES string of the molecule is Cc1nc(OC2CC(S(C)(=O)=O)C2)ccc1-c1cc(COc2cc3c(cn2)C2C(CC(=O)O)C2C3)c(F)cc1C(F)(F)F. The number of benzene rings is 1. The molecule has 2 fully saturated rings. The van der Waals surface area contributed by atoms with Crippen LogP contribution in [0.4, 0.5) is 17.6 Å². The van der Waals surface area contributed by atoms with Gasteiger partial charge in [0.1, 0.15) is 18.5 Å². The van der Waals surface area contributed by atoms with Crippen molar-refractivity contribution in [3.8, 4) is 22.9 Å². The molecular weight excluding hydrogens is 592 g/mol. The number of carboxylic acid groups (broad SMARTS) is 1. The van der Waals surface area contributed by atoms with Crippen LogP contribution in [0.5, 0.6) is 11.8 Å². The van der Waals surface area contributed by atoms with Gasteiger partial charge in [-0.25, -0.2) is 22.8 Å². The number of aliphatic carboxylic acids is 1. The standard InChI is InChI=1S/C30H28F4N2O6S/c1-14-19(3-4-26(36-14)42-17-8-18(9-17)43(2,39)40)20-6-16(25(31)11-24(20)30(32,33)34)13-41-27-7-15-5-21-22(10-28(37)38)29(21)23(15)12-35-27/h3-4,6-7,11-12,17-18,21-22,29H,5,8-10,13H2,1-2H3,(H,37,38). The quantitative estimate of drug-likeness (QED) is 0.312. The molecule has 6 rings (SSSR count). The third-order valence-electron chi connectivity index (χ3n) is 8.72. The largest absolute Gasteiger partial charge is 0.481 e. The number of alkyl halides is 3. The summed E-state index contributed by atoms with van der Waals surface area (Å²) in [5, 5.41) is 8.59. The van der Waals surface area contributed by atoms with E-state index in [1.165, 1.54) is 19.1 Å². The van der Waals surface area contributed by atoms with Gasteiger partial charge < -0.3 is 14.6 Å². The summed E-state index contributed by atoms with van der Waals surface area (Å²) in [6.45, 7) is 1.15. The van der Waals surface area contributed by atoms with E-state index >= 15 is 0 Å². The number of sulfone groups is 1. The molecule has 2 aromatic heterocycles. The molecule has 0 amide bonds. The average molecular weight is 621 g/mol. The van der Waals surface area contributed by atoms with E-state index in [9.17, 15) is 30.8 Å². The van der Waals surface area contributed by atoms with Crippen LogP contribution in [-0.4, -0.2) is 47.1 Å². The van der Waals surface area contributed by atoms with Crippen molar-refractivity contribution in [2.24, 2.45) is 11.8 Å². The Balaban J connectivity index is 1.20. The first-order valence-electron chi connectivity index (χ1n) is 13.8. The first-order valence-corrected chi connectivity index (χ1v) is 15.7. The minimum atomic E-state index is -4.84. The van der Waals surface area contributed by atoms with Crippen molar-refractivity contribution < 1.29 is 45.4 Å². The molecule has 2 heterocycles. The van der Waals surface area contributed by atoms with Crippen LogP contribution < -0.4 is 9.47 Å². The summed E-state index contributed by atoms with van der Waals surface area (Å²) < 4.78 is 91.6. The molecule has 2 saturated carbocycles. The molecule has 0 radical (unpaired) electrons. The van der Waals surface area contributed by atoms with Crippen molar-refractivity contribution in [2.75, 3.05) is 6.26 Å². The number of halogens is 4. The number of rotatable bonds is 9. The van der Waals surface area contributed by atoms with E-state index in [1.54, 1.807) is 12.3 Å². The fourth-order valence-electron chi connectivity index (χ4n) is 6.32. The molecule has 3 aliphatic rings. The summed E-state index contributed by atoms with van der Waals surface area (Å²) >= 11 is 0. The monoisotopic (exact) mass is 620 g/mol. The van der Waals surface area contributed by atoms with Crippen molar-refractivity contribution in [3.63, 3.8) is 0 Å². The van der Waals surface area contributed by atoms with Crippen molar-refractivity contribution in [1.82, 2.24) is 9.97 Å². The third-order valence-corrected chi connectivity index (χ3v) is 10.3. The van der Waals surface area contributed by atoms with Gasteiger partial charge in [0, 0.05) is 60.7 Å². The summed E-state index contributed by atoms with van der Waals surface area (Å²) in [5.41, 5.74) is 0.789. The Kier molecular flexibility index (Phi) is 7.14. The third kappa shape index (κ3) is 5.78. The van der Waals surface area contributed by atoms with Gasteiger partial charge in [-0.1, -0.05) is 0 Å². The molecule has 43 heavy (non-hydrogen) atoms. The highest BCUT2D eigenvalue weighted by atomic mass is 32.2. The number of nitrogens with zero attached hydrogens (tertiary/aromatic N) is 2. The highest BCUT2D eigenvalue weighted by molar-refractivity contribution is 7.91. The van der Waals surface area contributed by atoms with Gasteiger partial charge in [-0.3, -0.25) is 4.79 Å². The van der Waals surface area contributed by atoms with E-state index in [4.69, 9.17) is 14.6 Å². The van der Waals surface area contributed by atoms with E-state index in [0.717, 1.165) is 23.4 Å². The van der Waals surface area contributed by atoms with Gasteiger partial charge in [0.25, 0.3) is 0 Å². The number of pyridine rings is 2. The molecule has 0 saturated heterocycles. The number of hydrogen-bond acceptors (Lipinski definition) is 7. The van der Waals surface area contributed by atoms with Gasteiger partial charge >= 0.3 is 12.1 Å². The molecule has 228 valence electrons. The van der Waals surface area contributed by atoms with E-state index in [0.29, 0.717) is 25.3 Å². The Labute approximate surface area is 245 Å². The van der Waals surface area contributed by atoms with Gasteiger partial charge in [-0.15, -0.1) is 0 Å². The molecule has 8 nitrogen and oxygen atoms in total. The van der Waals surface area contributed by atoms with Crippen molar-refractivity contribution in [2.45, 2.75) is 62.7 Å². The zero-order chi connectivity index (χ0) is 30.8. The lowest BCUT2D eigenvalue weighted by Gasteiger charge is -2.33. The zero-order valence-electron chi connectivity index (χ0n) is 23.2. The van der Waals surface area contributed by atoms with Crippen LogP contribution in [0.25, 0.3) is 11.1 Å². The maximum absolute atomic E-state index is 14.9. The maximum Gasteiger partial charge on any atom is 0.417 e. The maximum atomic E-state index is 14.9. The van der Waals surface area contributed by atoms with Crippen LogP contribution in [0, 0.1) is 24.6 Å². The van der Waals surface area contributed by atoms with Gasteiger partial charge in [0.15, 0.2) is 9.84 Å². The Morgan fingerprint density at radius 1 is 1.12 bits per heavy atom. The van der Waals surface area contributed by atoms with Crippen LogP contribution >= 0.6 is 0 Å². The highest BCUT2D eigenvalue weighted by Gasteiger charge is 2.56. The zero-order valence-corrected chi connectivity index (χ0v) is 24.0. The van der Waals surface area contributed by atoms with E-state index in [-0.39, 0.29) is 71.0 Å². The van der Waals surface area contributed by atoms with E-state index in [2.05, 4.69) is 9.97 Å². The van der Waals surface area contributed by atoms with E-state index < -0.39 is 38.6 Å². The molecule has 1 N–H and O–H groups in total. The van der Waals surface area contributed by atoms with Gasteiger partial charge in [0.2, 0.25) is 11.8 Å². The predicted octanol–water partition coefficient (Wildman–Crippen LogP) is 5.50. The summed E-state index contributed by atoms with van der Waals surface area (Å²) in [4.78, 5) is 19.6. The molecular formula is C30H28F4N2O6S. The lowest BCUT2D eigenvalue weighted by Crippen LogP contribution is -2.42. The first kappa shape index (κ1) is 29.3. The molecule has 3 unspecified atom stereocenters. The molecule has 3 aromatic rings. The minimum Gasteiger partial charge on any atom is -0.481 e. The second-order valence-electron chi connectivity index (χ2n) is 11.6. The lowest BCUT2D eigenvalue weighted by atomic mass is 9.95. The molecule has 3 aliphatic carbocycles. The number of fused-ring (bicyclic) bond motifs is 3. The van der Waals surface area contributed by atoms with Crippen LogP contribution in [0.1, 0.15) is 53.1 Å². The van der Waals surface area contributed by atoms with Crippen LogP contribution in [0.3, 0.4) is 0 Å². The minimum absolute atomic E-state index is 0.0993. The highest BCUT2D eigenvalue weighted by Crippen LogP contribution is 2.62. The first-order chi connectivity index (χ1) is 20.2. The molecule has 0 aliphatic heterocycles. The molecule has 1 aromatic carbocycles. The second kappa shape index (κ2) is 10.5. The second-order valence-corrected chi connectivity index (χ2v) is 13.9. The molecule has 0 bridgehead atoms. The van der Waals surface area contributed by atoms with E-state index in [1.807, 2.05) is 0 Å². The normalized spacial score (nSPS) is 24.1. The smallest absolute Gasteiger partial charge is 0.417 e. The Morgan fingerprint density at radius 3 is 2.51 bits per heavy atom. The van der Waals surface area contributed by atoms with Gasteiger partial charge in [0.05, 0.1) is 10.8 Å². The predicted molar refractivity (Wildman–Crippen MR) is 146 cm³/mol. The molecule has 3 atom stereocenters.